The fourth-order valence-corrected chi connectivity index (χ4v) is 3.17. The third-order valence-electron chi connectivity index (χ3n) is 5.42. The molecule has 0 aliphatic carbocycles. The average molecular weight is 401 g/mol. The van der Waals surface area contributed by atoms with Gasteiger partial charge in [-0.3, -0.25) is 0 Å². The molecule has 3 rings (SSSR count). The first-order valence-corrected chi connectivity index (χ1v) is 10.1. The molecule has 158 valence electrons. The van der Waals surface area contributed by atoms with Crippen LogP contribution in [-0.2, 0) is 20.5 Å². The van der Waals surface area contributed by atoms with Gasteiger partial charge in [0.1, 0.15) is 11.4 Å². The summed E-state index contributed by atoms with van der Waals surface area (Å²) in [6.07, 6.45) is 4.27. The molecule has 0 saturated carbocycles. The van der Waals surface area contributed by atoms with Crippen molar-refractivity contribution < 1.29 is 18.8 Å². The van der Waals surface area contributed by atoms with Gasteiger partial charge in [-0.25, -0.2) is 9.78 Å². The van der Waals surface area contributed by atoms with Gasteiger partial charge in [0.05, 0.1) is 11.2 Å². The van der Waals surface area contributed by atoms with E-state index in [0.29, 0.717) is 0 Å². The summed E-state index contributed by atoms with van der Waals surface area (Å²) in [7, 11) is -0.568. The fraction of sp³-hybridized carbons (Fsp3) is 0.619. The van der Waals surface area contributed by atoms with Gasteiger partial charge in [0.2, 0.25) is 0 Å². The van der Waals surface area contributed by atoms with Crippen molar-refractivity contribution in [2.75, 3.05) is 18.4 Å². The summed E-state index contributed by atoms with van der Waals surface area (Å²) in [5, 5.41) is 6.09. The molecule has 2 N–H and O–H groups in total. The van der Waals surface area contributed by atoms with Crippen molar-refractivity contribution in [2.24, 2.45) is 0 Å². The van der Waals surface area contributed by atoms with E-state index in [9.17, 15) is 4.79 Å². The largest absolute Gasteiger partial charge is 0.492 e. The van der Waals surface area contributed by atoms with E-state index in [1.54, 1.807) is 0 Å². The molecule has 1 fully saturated rings. The molecular formula is C21H32BN3O4. The molecule has 2 aliphatic rings. The predicted octanol–water partition coefficient (Wildman–Crippen LogP) is 3.59. The zero-order chi connectivity index (χ0) is 21.4. The van der Waals surface area contributed by atoms with Crippen LogP contribution in [0.1, 0.15) is 59.6 Å². The number of alkyl carbamates (subject to hydrolysis) is 1. The second-order valence-corrected chi connectivity index (χ2v) is 9.62. The van der Waals surface area contributed by atoms with Crippen LogP contribution >= 0.6 is 0 Å². The van der Waals surface area contributed by atoms with Crippen molar-refractivity contribution in [1.29, 1.82) is 0 Å². The lowest BCUT2D eigenvalue weighted by Gasteiger charge is -2.32. The highest BCUT2D eigenvalue weighted by Gasteiger charge is 2.52. The Labute approximate surface area is 173 Å². The van der Waals surface area contributed by atoms with Crippen molar-refractivity contribution in [3.05, 3.63) is 28.9 Å². The molecule has 1 saturated heterocycles. The van der Waals surface area contributed by atoms with Crippen LogP contribution in [0, 0.1) is 0 Å². The first-order chi connectivity index (χ1) is 13.4. The third kappa shape index (κ3) is 5.11. The number of amides is 1. The summed E-state index contributed by atoms with van der Waals surface area (Å²) in [6.45, 7) is 14.7. The zero-order valence-electron chi connectivity index (χ0n) is 18.5. The second-order valence-electron chi connectivity index (χ2n) is 9.62. The van der Waals surface area contributed by atoms with Crippen LogP contribution in [0.15, 0.2) is 17.7 Å². The van der Waals surface area contributed by atoms with Crippen LogP contribution < -0.4 is 10.6 Å². The van der Waals surface area contributed by atoms with Crippen molar-refractivity contribution in [2.45, 2.75) is 71.7 Å². The Balaban J connectivity index is 1.83. The quantitative estimate of drug-likeness (QED) is 0.751. The molecule has 0 aromatic carbocycles. The fourth-order valence-electron chi connectivity index (χ4n) is 3.17. The minimum absolute atomic E-state index is 0.251. The van der Waals surface area contributed by atoms with E-state index < -0.39 is 30.0 Å². The number of carbonyl (C=O) groups excluding carboxylic acids is 1. The summed E-state index contributed by atoms with van der Waals surface area (Å²) in [5.41, 5.74) is 1.44. The molecule has 0 spiro atoms. The highest BCUT2D eigenvalue weighted by atomic mass is 16.7. The Bertz CT molecular complexity index is 799. The maximum absolute atomic E-state index is 12.2. The lowest BCUT2D eigenvalue weighted by molar-refractivity contribution is 0.00578. The minimum Gasteiger partial charge on any atom is -0.444 e. The number of ether oxygens (including phenoxy) is 1. The molecule has 29 heavy (non-hydrogen) atoms. The Morgan fingerprint density at radius 3 is 2.59 bits per heavy atom. The number of pyridine rings is 1. The van der Waals surface area contributed by atoms with Crippen LogP contribution in [0.25, 0.3) is 6.08 Å². The molecule has 0 unspecified atom stereocenters. The number of anilines is 1. The Kier molecular flexibility index (Phi) is 5.71. The number of nitrogens with zero attached hydrogens (tertiary/aromatic N) is 1. The highest BCUT2D eigenvalue weighted by Crippen LogP contribution is 2.38. The van der Waals surface area contributed by atoms with Crippen LogP contribution in [0.4, 0.5) is 10.6 Å². The van der Waals surface area contributed by atoms with Crippen LogP contribution in [-0.4, -0.2) is 48.1 Å². The highest BCUT2D eigenvalue weighted by molar-refractivity contribution is 6.56. The molecular weight excluding hydrogens is 369 g/mol. The number of aromatic nitrogens is 1. The Morgan fingerprint density at radius 2 is 1.97 bits per heavy atom. The van der Waals surface area contributed by atoms with E-state index >= 15 is 0 Å². The van der Waals surface area contributed by atoms with Gasteiger partial charge in [-0.15, -0.1) is 0 Å². The maximum Gasteiger partial charge on any atom is 0.492 e. The van der Waals surface area contributed by atoms with Crippen molar-refractivity contribution in [3.63, 3.8) is 0 Å². The molecule has 0 radical (unpaired) electrons. The number of hydrogen-bond acceptors (Lipinski definition) is 6. The smallest absolute Gasteiger partial charge is 0.444 e. The van der Waals surface area contributed by atoms with Crippen LogP contribution in [0.3, 0.4) is 0 Å². The molecule has 3 heterocycles. The molecule has 1 aromatic heterocycles. The van der Waals surface area contributed by atoms with Gasteiger partial charge in [0.25, 0.3) is 0 Å². The van der Waals surface area contributed by atoms with E-state index in [0.717, 1.165) is 29.8 Å². The molecule has 8 heteroatoms. The molecule has 1 amide bonds. The summed E-state index contributed by atoms with van der Waals surface area (Å²) < 4.78 is 17.8. The summed E-state index contributed by atoms with van der Waals surface area (Å²) >= 11 is 0. The third-order valence-corrected chi connectivity index (χ3v) is 5.42. The molecule has 7 nitrogen and oxygen atoms in total. The maximum atomic E-state index is 12.2. The topological polar surface area (TPSA) is 81.7 Å². The van der Waals surface area contributed by atoms with Gasteiger partial charge in [-0.1, -0.05) is 6.08 Å². The lowest BCUT2D eigenvalue weighted by atomic mass is 9.77. The van der Waals surface area contributed by atoms with Gasteiger partial charge in [-0.2, -0.15) is 0 Å². The number of carbonyl (C=O) groups is 1. The Morgan fingerprint density at radius 1 is 1.31 bits per heavy atom. The standard InChI is InChI=1S/C21H32BN3O4/c1-19(2,3)27-18(26)25-13-16(22-28-20(4,5)21(6,7)29-22)11-14-10-15-8-9-23-17(15)24-12-14/h10-12H,8-9,13H2,1-7H3,(H,23,24)(H,25,26). The Hall–Kier alpha value is -2.06. The van der Waals surface area contributed by atoms with E-state index in [1.807, 2.05) is 60.7 Å². The SMILES string of the molecule is CC(C)(C)OC(=O)NCC(=Cc1cnc2c(c1)CCN2)B1OC(C)(C)C(C)(C)O1. The van der Waals surface area contributed by atoms with E-state index in [4.69, 9.17) is 14.0 Å². The van der Waals surface area contributed by atoms with Gasteiger partial charge in [-0.05, 0) is 77.6 Å². The van der Waals surface area contributed by atoms with E-state index in [1.165, 1.54) is 5.56 Å². The van der Waals surface area contributed by atoms with Gasteiger partial charge < -0.3 is 24.7 Å². The molecule has 0 bridgehead atoms. The normalized spacial score (nSPS) is 20.2. The van der Waals surface area contributed by atoms with Crippen LogP contribution in [0.2, 0.25) is 0 Å². The lowest BCUT2D eigenvalue weighted by Crippen LogP contribution is -2.41. The van der Waals surface area contributed by atoms with E-state index in [-0.39, 0.29) is 6.54 Å². The summed E-state index contributed by atoms with van der Waals surface area (Å²) in [5.74, 6) is 0.936. The zero-order valence-corrected chi connectivity index (χ0v) is 18.5. The average Bonchev–Trinajstić information content (AvgIpc) is 3.11. The van der Waals surface area contributed by atoms with Crippen molar-refractivity contribution >= 4 is 25.1 Å². The van der Waals surface area contributed by atoms with Crippen molar-refractivity contribution in [3.8, 4) is 0 Å². The monoisotopic (exact) mass is 401 g/mol. The molecule has 2 aliphatic heterocycles. The molecule has 0 atom stereocenters. The second kappa shape index (κ2) is 7.65. The first kappa shape index (κ1) is 21.6. The van der Waals surface area contributed by atoms with Gasteiger partial charge in [0.15, 0.2) is 0 Å². The van der Waals surface area contributed by atoms with Gasteiger partial charge >= 0.3 is 13.2 Å². The number of hydrogen-bond donors (Lipinski definition) is 2. The number of nitrogens with one attached hydrogen (secondary N) is 2. The predicted molar refractivity (Wildman–Crippen MR) is 115 cm³/mol. The first-order valence-electron chi connectivity index (χ1n) is 10.1. The number of fused-ring (bicyclic) bond motifs is 1. The van der Waals surface area contributed by atoms with Gasteiger partial charge in [0, 0.05) is 19.3 Å². The minimum atomic E-state index is -0.568. The number of rotatable bonds is 4. The van der Waals surface area contributed by atoms with Crippen molar-refractivity contribution in [1.82, 2.24) is 10.3 Å². The van der Waals surface area contributed by atoms with E-state index in [2.05, 4.69) is 21.7 Å². The molecule has 1 aromatic rings. The van der Waals surface area contributed by atoms with Crippen LogP contribution in [0.5, 0.6) is 0 Å². The summed E-state index contributed by atoms with van der Waals surface area (Å²) in [4.78, 5) is 16.7. The summed E-state index contributed by atoms with van der Waals surface area (Å²) in [6, 6.07) is 2.11.